The monoisotopic (exact) mass is 360 g/mol. The molecule has 140 valence electrons. The molecule has 2 aliphatic heterocycles. The van der Waals surface area contributed by atoms with Crippen molar-refractivity contribution in [3.63, 3.8) is 0 Å². The van der Waals surface area contributed by atoms with Gasteiger partial charge in [0.15, 0.2) is 0 Å². The van der Waals surface area contributed by atoms with Gasteiger partial charge in [0.05, 0.1) is 5.60 Å². The second kappa shape index (κ2) is 6.23. The van der Waals surface area contributed by atoms with Gasteiger partial charge in [-0.25, -0.2) is 0 Å². The molecule has 3 fully saturated rings. The number of alkyl halides is 4. The van der Waals surface area contributed by atoms with E-state index < -0.39 is 23.2 Å². The number of benzene rings is 1. The van der Waals surface area contributed by atoms with Gasteiger partial charge in [-0.3, -0.25) is 0 Å². The first kappa shape index (κ1) is 18.6. The predicted molar refractivity (Wildman–Crippen MR) is 85.9 cm³/mol. The molecule has 6 heteroatoms. The highest BCUT2D eigenvalue weighted by molar-refractivity contribution is 5.30. The predicted octanol–water partition coefficient (Wildman–Crippen LogP) is 5.44. The van der Waals surface area contributed by atoms with E-state index in [2.05, 4.69) is 6.92 Å². The van der Waals surface area contributed by atoms with Crippen molar-refractivity contribution in [2.24, 2.45) is 0 Å². The Bertz CT molecular complexity index is 604. The molecule has 2 saturated heterocycles. The quantitative estimate of drug-likeness (QED) is 0.651. The first-order valence-electron chi connectivity index (χ1n) is 8.91. The molecule has 25 heavy (non-hydrogen) atoms. The Morgan fingerprint density at radius 3 is 2.08 bits per heavy atom. The van der Waals surface area contributed by atoms with E-state index >= 15 is 0 Å². The van der Waals surface area contributed by atoms with Crippen LogP contribution in [0.25, 0.3) is 0 Å². The van der Waals surface area contributed by atoms with Crippen LogP contribution in [0.1, 0.15) is 57.1 Å². The first-order chi connectivity index (χ1) is 11.7. The molecular formula is C19H24F4O2. The molecule has 0 amide bonds. The third-order valence-electron chi connectivity index (χ3n) is 5.57. The van der Waals surface area contributed by atoms with Crippen molar-refractivity contribution < 1.29 is 27.0 Å². The minimum Gasteiger partial charge on any atom is -0.369 e. The average Bonchev–Trinajstić information content (AvgIpc) is 2.67. The van der Waals surface area contributed by atoms with Crippen molar-refractivity contribution in [1.82, 2.24) is 0 Å². The Kier molecular flexibility index (Phi) is 4.65. The molecular weight excluding hydrogens is 336 g/mol. The number of halogens is 4. The number of hydrogen-bond donors (Lipinski definition) is 0. The summed E-state index contributed by atoms with van der Waals surface area (Å²) in [5.41, 5.74) is -1.93. The summed E-state index contributed by atoms with van der Waals surface area (Å²) in [6.45, 7) is 3.56. The maximum atomic E-state index is 14.6. The zero-order valence-electron chi connectivity index (χ0n) is 14.6. The van der Waals surface area contributed by atoms with Crippen LogP contribution in [-0.2, 0) is 21.5 Å². The molecule has 3 aliphatic rings. The van der Waals surface area contributed by atoms with Gasteiger partial charge in [-0.2, -0.15) is 17.6 Å². The fourth-order valence-corrected chi connectivity index (χ4v) is 4.17. The van der Waals surface area contributed by atoms with E-state index in [1.165, 1.54) is 0 Å². The van der Waals surface area contributed by atoms with E-state index in [0.29, 0.717) is 5.56 Å². The van der Waals surface area contributed by atoms with Crippen LogP contribution < -0.4 is 0 Å². The molecule has 2 nitrogen and oxygen atoms in total. The van der Waals surface area contributed by atoms with Gasteiger partial charge in [-0.05, 0) is 50.2 Å². The normalized spacial score (nSPS) is 33.2. The average molecular weight is 360 g/mol. The zero-order valence-corrected chi connectivity index (χ0v) is 14.6. The van der Waals surface area contributed by atoms with E-state index in [0.717, 1.165) is 18.4 Å². The van der Waals surface area contributed by atoms with Crippen LogP contribution in [0, 0.1) is 0 Å². The largest absolute Gasteiger partial charge is 0.423 e. The standard InChI is InChI=1S/C19H24F4O2/c1-3-5-14-6-8-15(9-7-14)16-10-12-17(13-11-16,24-4-2)18(20,21)19(22,23)25-16/h6-9H,3-5,10-13H2,1-2H3. The van der Waals surface area contributed by atoms with Gasteiger partial charge < -0.3 is 9.47 Å². The van der Waals surface area contributed by atoms with Gasteiger partial charge in [-0.1, -0.05) is 37.6 Å². The molecule has 1 saturated carbocycles. The summed E-state index contributed by atoms with van der Waals surface area (Å²) in [6.07, 6.45) is -2.84. The maximum absolute atomic E-state index is 14.6. The van der Waals surface area contributed by atoms with E-state index in [-0.39, 0.29) is 32.3 Å². The highest BCUT2D eigenvalue weighted by atomic mass is 19.3. The fourth-order valence-electron chi connectivity index (χ4n) is 4.17. The van der Waals surface area contributed by atoms with Gasteiger partial charge in [0, 0.05) is 6.61 Å². The highest BCUT2D eigenvalue weighted by Crippen LogP contribution is 2.61. The lowest BCUT2D eigenvalue weighted by Gasteiger charge is -2.42. The summed E-state index contributed by atoms with van der Waals surface area (Å²) >= 11 is 0. The topological polar surface area (TPSA) is 18.5 Å². The lowest BCUT2D eigenvalue weighted by Crippen LogP contribution is -2.59. The molecule has 0 aromatic heterocycles. The molecule has 2 bridgehead atoms. The lowest BCUT2D eigenvalue weighted by molar-refractivity contribution is -0.395. The van der Waals surface area contributed by atoms with Crippen LogP contribution in [0.2, 0.25) is 0 Å². The summed E-state index contributed by atoms with van der Waals surface area (Å²) in [5, 5.41) is 0. The van der Waals surface area contributed by atoms with Gasteiger partial charge in [0.25, 0.3) is 0 Å². The summed E-state index contributed by atoms with van der Waals surface area (Å²) in [5.74, 6) is -4.36. The van der Waals surface area contributed by atoms with Crippen LogP contribution >= 0.6 is 0 Å². The van der Waals surface area contributed by atoms with E-state index in [1.54, 1.807) is 19.1 Å². The second-order valence-corrected chi connectivity index (χ2v) is 7.06. The van der Waals surface area contributed by atoms with Gasteiger partial charge in [0.2, 0.25) is 0 Å². The van der Waals surface area contributed by atoms with Crippen LogP contribution in [0.5, 0.6) is 0 Å². The van der Waals surface area contributed by atoms with Crippen LogP contribution in [0.3, 0.4) is 0 Å². The molecule has 1 aromatic rings. The molecule has 4 rings (SSSR count). The molecule has 2 heterocycles. The maximum Gasteiger partial charge on any atom is 0.423 e. The van der Waals surface area contributed by atoms with Crippen LogP contribution in [0.15, 0.2) is 24.3 Å². The van der Waals surface area contributed by atoms with Crippen LogP contribution in [0.4, 0.5) is 17.6 Å². The smallest absolute Gasteiger partial charge is 0.369 e. The third-order valence-corrected chi connectivity index (χ3v) is 5.57. The van der Waals surface area contributed by atoms with E-state index in [1.807, 2.05) is 12.1 Å². The first-order valence-corrected chi connectivity index (χ1v) is 8.91. The molecule has 1 aliphatic carbocycles. The fraction of sp³-hybridized carbons (Fsp3) is 0.684. The van der Waals surface area contributed by atoms with Gasteiger partial charge in [-0.15, -0.1) is 0 Å². The molecule has 0 spiro atoms. The van der Waals surface area contributed by atoms with Crippen molar-refractivity contribution in [2.45, 2.75) is 75.6 Å². The zero-order chi connectivity index (χ0) is 18.3. The summed E-state index contributed by atoms with van der Waals surface area (Å²) < 4.78 is 68.2. The number of fused-ring (bicyclic) bond motifs is 4. The van der Waals surface area contributed by atoms with E-state index in [4.69, 9.17) is 9.47 Å². The Hall–Kier alpha value is -1.14. The number of aryl methyl sites for hydroxylation is 1. The van der Waals surface area contributed by atoms with Crippen LogP contribution in [-0.4, -0.2) is 24.2 Å². The number of hydrogen-bond acceptors (Lipinski definition) is 2. The minimum absolute atomic E-state index is 0.0373. The second-order valence-electron chi connectivity index (χ2n) is 7.06. The minimum atomic E-state index is -4.57. The molecule has 0 radical (unpaired) electrons. The SMILES string of the molecule is CCCc1ccc(C23CCC(OCC)(CC2)C(F)(F)C(F)(F)O3)cc1. The van der Waals surface area contributed by atoms with Crippen molar-refractivity contribution >= 4 is 0 Å². The summed E-state index contributed by atoms with van der Waals surface area (Å²) in [4.78, 5) is 0. The van der Waals surface area contributed by atoms with E-state index in [9.17, 15) is 17.6 Å². The summed E-state index contributed by atoms with van der Waals surface area (Å²) in [7, 11) is 0. The molecule has 0 N–H and O–H groups in total. The highest BCUT2D eigenvalue weighted by Gasteiger charge is 2.76. The molecule has 0 atom stereocenters. The Balaban J connectivity index is 2.00. The van der Waals surface area contributed by atoms with Crippen molar-refractivity contribution in [3.8, 4) is 0 Å². The molecule has 1 aromatic carbocycles. The van der Waals surface area contributed by atoms with Crippen molar-refractivity contribution in [3.05, 3.63) is 35.4 Å². The lowest BCUT2D eigenvalue weighted by atomic mass is 9.71. The summed E-state index contributed by atoms with van der Waals surface area (Å²) in [6, 6.07) is 7.20. The number of rotatable bonds is 5. The van der Waals surface area contributed by atoms with Gasteiger partial charge in [0.1, 0.15) is 5.60 Å². The third kappa shape index (κ3) is 2.78. The Morgan fingerprint density at radius 2 is 1.56 bits per heavy atom. The Labute approximate surface area is 145 Å². The van der Waals surface area contributed by atoms with Crippen molar-refractivity contribution in [2.75, 3.05) is 6.61 Å². The molecule has 0 unspecified atom stereocenters. The van der Waals surface area contributed by atoms with Gasteiger partial charge >= 0.3 is 12.0 Å². The Morgan fingerprint density at radius 1 is 0.960 bits per heavy atom. The number of ether oxygens (including phenoxy) is 2. The van der Waals surface area contributed by atoms with Crippen molar-refractivity contribution in [1.29, 1.82) is 0 Å².